The van der Waals surface area contributed by atoms with E-state index in [0.717, 1.165) is 12.3 Å². The smallest absolute Gasteiger partial charge is 0.0309 e. The molecule has 1 nitrogen and oxygen atoms in total. The van der Waals surface area contributed by atoms with E-state index >= 15 is 0 Å². The highest BCUT2D eigenvalue weighted by Gasteiger charge is 2.22. The van der Waals surface area contributed by atoms with Crippen LogP contribution >= 0.6 is 0 Å². The highest BCUT2D eigenvalue weighted by molar-refractivity contribution is 5.99. The van der Waals surface area contributed by atoms with E-state index < -0.39 is 0 Å². The number of benzene rings is 1. The minimum Gasteiger partial charge on any atom is -0.265 e. The summed E-state index contributed by atoms with van der Waals surface area (Å²) in [7, 11) is 0. The first kappa shape index (κ1) is 10.8. The number of rotatable bonds is 2. The fourth-order valence-electron chi connectivity index (χ4n) is 2.96. The molecule has 88 valence electrons. The summed E-state index contributed by atoms with van der Waals surface area (Å²) in [6, 6.07) is 10.7. The molecule has 1 aliphatic heterocycles. The third kappa shape index (κ3) is 2.33. The van der Waals surface area contributed by atoms with Gasteiger partial charge in [-0.2, -0.15) is 0 Å². The average molecular weight is 225 g/mol. The summed E-state index contributed by atoms with van der Waals surface area (Å²) in [5.74, 6) is 0.765. The molecule has 1 heterocycles. The van der Waals surface area contributed by atoms with Crippen LogP contribution in [-0.2, 0) is 0 Å². The van der Waals surface area contributed by atoms with Gasteiger partial charge in [-0.1, -0.05) is 49.6 Å². The summed E-state index contributed by atoms with van der Waals surface area (Å²) in [6.07, 6.45) is 10.1. The molecule has 0 radical (unpaired) electrons. The first-order valence-electron chi connectivity index (χ1n) is 6.74. The lowest BCUT2D eigenvalue weighted by Crippen LogP contribution is -2.16. The lowest BCUT2D eigenvalue weighted by atomic mass is 9.84. The van der Waals surface area contributed by atoms with Gasteiger partial charge >= 0.3 is 0 Å². The van der Waals surface area contributed by atoms with E-state index in [1.807, 2.05) is 0 Å². The van der Waals surface area contributed by atoms with E-state index in [9.17, 15) is 0 Å². The maximum absolute atomic E-state index is 4.67. The molecule has 0 spiro atoms. The molecule has 1 aromatic carbocycles. The van der Waals surface area contributed by atoms with Crippen molar-refractivity contribution in [1.82, 2.24) is 0 Å². The molecule has 17 heavy (non-hydrogen) atoms. The Morgan fingerprint density at radius 1 is 0.941 bits per heavy atom. The van der Waals surface area contributed by atoms with Crippen molar-refractivity contribution in [2.75, 3.05) is 0 Å². The Morgan fingerprint density at radius 2 is 1.71 bits per heavy atom. The molecule has 0 bridgehead atoms. The van der Waals surface area contributed by atoms with Crippen molar-refractivity contribution in [2.24, 2.45) is 10.9 Å². The van der Waals surface area contributed by atoms with Crippen molar-refractivity contribution in [3.05, 3.63) is 42.1 Å². The standard InChI is InChI=1S/C16H19N/c1-3-7-13(8-4-1)15-11-16(17-12-15)14-9-5-2-6-10-14/h1,3-4,7-8,12,14H,2,5-6,9-11H2. The number of allylic oxidation sites excluding steroid dienone is 1. The van der Waals surface area contributed by atoms with Crippen LogP contribution in [0.15, 0.2) is 41.5 Å². The molecule has 0 aromatic heterocycles. The van der Waals surface area contributed by atoms with Crippen LogP contribution in [0.2, 0.25) is 0 Å². The van der Waals surface area contributed by atoms with Crippen molar-refractivity contribution >= 4 is 11.3 Å². The predicted molar refractivity (Wildman–Crippen MR) is 73.0 cm³/mol. The van der Waals surface area contributed by atoms with Crippen molar-refractivity contribution in [2.45, 2.75) is 38.5 Å². The minimum absolute atomic E-state index is 0.765. The summed E-state index contributed by atoms with van der Waals surface area (Å²) in [5.41, 5.74) is 4.16. The van der Waals surface area contributed by atoms with Gasteiger partial charge in [0.05, 0.1) is 0 Å². The van der Waals surface area contributed by atoms with Crippen LogP contribution in [0.3, 0.4) is 0 Å². The molecular formula is C16H19N. The number of hydrogen-bond acceptors (Lipinski definition) is 1. The molecule has 1 heteroatoms. The largest absolute Gasteiger partial charge is 0.265 e. The maximum atomic E-state index is 4.67. The van der Waals surface area contributed by atoms with Crippen molar-refractivity contribution in [3.8, 4) is 0 Å². The third-order valence-electron chi connectivity index (χ3n) is 3.98. The predicted octanol–water partition coefficient (Wildman–Crippen LogP) is 4.45. The van der Waals surface area contributed by atoms with Gasteiger partial charge in [-0.15, -0.1) is 0 Å². The molecule has 0 unspecified atom stereocenters. The van der Waals surface area contributed by atoms with E-state index in [2.05, 4.69) is 41.5 Å². The third-order valence-corrected chi connectivity index (χ3v) is 3.98. The molecular weight excluding hydrogens is 206 g/mol. The fourth-order valence-corrected chi connectivity index (χ4v) is 2.96. The summed E-state index contributed by atoms with van der Waals surface area (Å²) in [6.45, 7) is 0. The lowest BCUT2D eigenvalue weighted by Gasteiger charge is -2.21. The van der Waals surface area contributed by atoms with Gasteiger partial charge in [0.1, 0.15) is 0 Å². The quantitative estimate of drug-likeness (QED) is 0.705. The van der Waals surface area contributed by atoms with Crippen molar-refractivity contribution in [1.29, 1.82) is 0 Å². The summed E-state index contributed by atoms with van der Waals surface area (Å²) in [4.78, 5) is 4.67. The van der Waals surface area contributed by atoms with Crippen LogP contribution in [0.25, 0.3) is 5.57 Å². The zero-order valence-electron chi connectivity index (χ0n) is 10.2. The first-order chi connectivity index (χ1) is 8.43. The second-order valence-electron chi connectivity index (χ2n) is 5.15. The Morgan fingerprint density at radius 3 is 2.47 bits per heavy atom. The van der Waals surface area contributed by atoms with Gasteiger partial charge in [-0.05, 0) is 29.9 Å². The van der Waals surface area contributed by atoms with Crippen molar-refractivity contribution < 1.29 is 0 Å². The molecule has 0 saturated heterocycles. The summed E-state index contributed by atoms with van der Waals surface area (Å²) < 4.78 is 0. The molecule has 2 aliphatic rings. The fraction of sp³-hybridized carbons (Fsp3) is 0.438. The normalized spacial score (nSPS) is 21.2. The van der Waals surface area contributed by atoms with Crippen LogP contribution in [-0.4, -0.2) is 5.71 Å². The van der Waals surface area contributed by atoms with Gasteiger partial charge in [0, 0.05) is 18.3 Å². The monoisotopic (exact) mass is 225 g/mol. The van der Waals surface area contributed by atoms with Gasteiger partial charge in [0.2, 0.25) is 0 Å². The highest BCUT2D eigenvalue weighted by atomic mass is 14.7. The van der Waals surface area contributed by atoms with Gasteiger partial charge in [-0.25, -0.2) is 0 Å². The summed E-state index contributed by atoms with van der Waals surface area (Å²) >= 11 is 0. The Balaban J connectivity index is 1.67. The number of hydrogen-bond donors (Lipinski definition) is 0. The van der Waals surface area contributed by atoms with Gasteiger partial charge < -0.3 is 0 Å². The zero-order valence-corrected chi connectivity index (χ0v) is 10.2. The van der Waals surface area contributed by atoms with Crippen LogP contribution in [0, 0.1) is 5.92 Å². The molecule has 0 N–H and O–H groups in total. The Bertz CT molecular complexity index is 436. The lowest BCUT2D eigenvalue weighted by molar-refractivity contribution is 0.437. The van der Waals surface area contributed by atoms with E-state index in [-0.39, 0.29) is 0 Å². The maximum Gasteiger partial charge on any atom is 0.0309 e. The Hall–Kier alpha value is -1.37. The van der Waals surface area contributed by atoms with E-state index in [4.69, 9.17) is 0 Å². The zero-order chi connectivity index (χ0) is 11.5. The minimum atomic E-state index is 0.765. The average Bonchev–Trinajstić information content (AvgIpc) is 2.90. The van der Waals surface area contributed by atoms with E-state index in [0.29, 0.717) is 0 Å². The van der Waals surface area contributed by atoms with E-state index in [1.165, 1.54) is 49.0 Å². The number of aliphatic imine (C=N–C) groups is 1. The molecule has 3 rings (SSSR count). The SMILES string of the molecule is C1=C(c2ccccc2)CC(C2CCCCC2)=N1. The molecule has 1 fully saturated rings. The number of nitrogens with zero attached hydrogens (tertiary/aromatic N) is 1. The molecule has 1 saturated carbocycles. The Kier molecular flexibility index (Phi) is 3.08. The second-order valence-corrected chi connectivity index (χ2v) is 5.15. The molecule has 1 aromatic rings. The van der Waals surface area contributed by atoms with Crippen molar-refractivity contribution in [3.63, 3.8) is 0 Å². The van der Waals surface area contributed by atoms with Gasteiger partial charge in [0.15, 0.2) is 0 Å². The molecule has 1 aliphatic carbocycles. The first-order valence-corrected chi connectivity index (χ1v) is 6.74. The van der Waals surface area contributed by atoms with Crippen LogP contribution in [0.4, 0.5) is 0 Å². The van der Waals surface area contributed by atoms with E-state index in [1.54, 1.807) is 0 Å². The molecule has 0 amide bonds. The van der Waals surface area contributed by atoms with Gasteiger partial charge in [-0.3, -0.25) is 4.99 Å². The second kappa shape index (κ2) is 4.87. The van der Waals surface area contributed by atoms with Crippen LogP contribution in [0.1, 0.15) is 44.1 Å². The summed E-state index contributed by atoms with van der Waals surface area (Å²) in [5, 5.41) is 0. The van der Waals surface area contributed by atoms with Gasteiger partial charge in [0.25, 0.3) is 0 Å². The highest BCUT2D eigenvalue weighted by Crippen LogP contribution is 2.32. The van der Waals surface area contributed by atoms with Crippen LogP contribution in [0.5, 0.6) is 0 Å². The molecule has 0 atom stereocenters. The van der Waals surface area contributed by atoms with Crippen LogP contribution < -0.4 is 0 Å². The Labute approximate surface area is 103 Å². The topological polar surface area (TPSA) is 12.4 Å².